The number of aromatic nitrogens is 4. The van der Waals surface area contributed by atoms with E-state index in [1.54, 1.807) is 39.1 Å². The minimum atomic E-state index is -1.05. The maximum absolute atomic E-state index is 11.3. The maximum Gasteiger partial charge on any atom is 0.413 e. The normalized spacial score (nSPS) is 10.7. The summed E-state index contributed by atoms with van der Waals surface area (Å²) in [6.45, 7) is 5.29. The SMILES string of the molecule is Cc1nn(-c2ccccn2)nc1N(C(=O)O)C(C)C. The Morgan fingerprint density at radius 2 is 2.11 bits per heavy atom. The Bertz CT molecular complexity index is 579. The average molecular weight is 261 g/mol. The van der Waals surface area contributed by atoms with Crippen LogP contribution in [0.15, 0.2) is 24.4 Å². The summed E-state index contributed by atoms with van der Waals surface area (Å²) in [4.78, 5) is 17.9. The highest BCUT2D eigenvalue weighted by Gasteiger charge is 2.24. The summed E-state index contributed by atoms with van der Waals surface area (Å²) in [6.07, 6.45) is 0.580. The van der Waals surface area contributed by atoms with Crippen LogP contribution in [0.1, 0.15) is 19.5 Å². The Labute approximate surface area is 110 Å². The minimum absolute atomic E-state index is 0.218. The van der Waals surface area contributed by atoms with Crippen molar-refractivity contribution in [3.63, 3.8) is 0 Å². The molecular weight excluding hydrogens is 246 g/mol. The van der Waals surface area contributed by atoms with Gasteiger partial charge in [0.1, 0.15) is 5.69 Å². The molecule has 0 unspecified atom stereocenters. The zero-order valence-electron chi connectivity index (χ0n) is 11.0. The molecule has 0 aliphatic rings. The van der Waals surface area contributed by atoms with Crippen LogP contribution in [-0.2, 0) is 0 Å². The molecule has 2 rings (SSSR count). The summed E-state index contributed by atoms with van der Waals surface area (Å²) in [5.41, 5.74) is 0.543. The van der Waals surface area contributed by atoms with E-state index < -0.39 is 6.09 Å². The van der Waals surface area contributed by atoms with Crippen LogP contribution in [0.3, 0.4) is 0 Å². The molecule has 0 spiro atoms. The molecule has 0 saturated heterocycles. The van der Waals surface area contributed by atoms with E-state index in [0.717, 1.165) is 0 Å². The molecule has 0 fully saturated rings. The summed E-state index contributed by atoms with van der Waals surface area (Å²) in [7, 11) is 0. The minimum Gasteiger partial charge on any atom is -0.465 e. The van der Waals surface area contributed by atoms with Gasteiger partial charge in [0.25, 0.3) is 0 Å². The Balaban J connectivity index is 2.44. The topological polar surface area (TPSA) is 84.1 Å². The van der Waals surface area contributed by atoms with Gasteiger partial charge in [-0.1, -0.05) is 6.07 Å². The van der Waals surface area contributed by atoms with Gasteiger partial charge < -0.3 is 5.11 Å². The van der Waals surface area contributed by atoms with Gasteiger partial charge in [0.15, 0.2) is 11.6 Å². The third-order valence-electron chi connectivity index (χ3n) is 2.56. The largest absolute Gasteiger partial charge is 0.465 e. The third kappa shape index (κ3) is 2.54. The van der Waals surface area contributed by atoms with Crippen LogP contribution < -0.4 is 4.90 Å². The van der Waals surface area contributed by atoms with Crippen molar-refractivity contribution in [1.29, 1.82) is 0 Å². The molecule has 0 aliphatic heterocycles. The van der Waals surface area contributed by atoms with Gasteiger partial charge in [-0.05, 0) is 32.9 Å². The van der Waals surface area contributed by atoms with Crippen LogP contribution in [0.4, 0.5) is 10.6 Å². The molecule has 0 radical (unpaired) electrons. The molecule has 7 heteroatoms. The summed E-state index contributed by atoms with van der Waals surface area (Å²) in [5, 5.41) is 17.7. The molecule has 0 aromatic carbocycles. The van der Waals surface area contributed by atoms with E-state index in [1.807, 2.05) is 6.07 Å². The Hall–Kier alpha value is -2.44. The van der Waals surface area contributed by atoms with E-state index in [9.17, 15) is 9.90 Å². The summed E-state index contributed by atoms with van der Waals surface area (Å²) >= 11 is 0. The molecule has 19 heavy (non-hydrogen) atoms. The predicted octanol–water partition coefficient (Wildman–Crippen LogP) is 1.86. The van der Waals surface area contributed by atoms with Crippen LogP contribution in [0.5, 0.6) is 0 Å². The highest BCUT2D eigenvalue weighted by molar-refractivity contribution is 5.85. The first-order valence-electron chi connectivity index (χ1n) is 5.88. The number of rotatable bonds is 3. The van der Waals surface area contributed by atoms with Crippen LogP contribution >= 0.6 is 0 Å². The lowest BCUT2D eigenvalue weighted by Gasteiger charge is -2.20. The third-order valence-corrected chi connectivity index (χ3v) is 2.56. The number of nitrogens with zero attached hydrogens (tertiary/aromatic N) is 5. The second kappa shape index (κ2) is 5.05. The number of anilines is 1. The van der Waals surface area contributed by atoms with Gasteiger partial charge >= 0.3 is 6.09 Å². The highest BCUT2D eigenvalue weighted by Crippen LogP contribution is 2.19. The fourth-order valence-electron chi connectivity index (χ4n) is 1.72. The van der Waals surface area contributed by atoms with Gasteiger partial charge in [0.05, 0.1) is 0 Å². The van der Waals surface area contributed by atoms with Crippen LogP contribution in [0, 0.1) is 6.92 Å². The van der Waals surface area contributed by atoms with Crippen molar-refractivity contribution >= 4 is 11.9 Å². The van der Waals surface area contributed by atoms with Crippen molar-refractivity contribution in [2.75, 3.05) is 4.90 Å². The zero-order chi connectivity index (χ0) is 14.0. The molecular formula is C12H15N5O2. The van der Waals surface area contributed by atoms with E-state index in [1.165, 1.54) is 9.70 Å². The lowest BCUT2D eigenvalue weighted by Crippen LogP contribution is -2.36. The number of hydrogen-bond donors (Lipinski definition) is 1. The van der Waals surface area contributed by atoms with E-state index in [4.69, 9.17) is 0 Å². The monoisotopic (exact) mass is 261 g/mol. The number of carboxylic acid groups (broad SMARTS) is 1. The first-order valence-corrected chi connectivity index (χ1v) is 5.88. The lowest BCUT2D eigenvalue weighted by molar-refractivity contribution is 0.199. The molecule has 1 N–H and O–H groups in total. The molecule has 2 aromatic rings. The van der Waals surface area contributed by atoms with Gasteiger partial charge in [-0.3, -0.25) is 4.90 Å². The molecule has 0 aliphatic carbocycles. The van der Waals surface area contributed by atoms with E-state index in [-0.39, 0.29) is 6.04 Å². The van der Waals surface area contributed by atoms with E-state index >= 15 is 0 Å². The van der Waals surface area contributed by atoms with E-state index in [2.05, 4.69) is 15.2 Å². The van der Waals surface area contributed by atoms with Crippen molar-refractivity contribution in [2.24, 2.45) is 0 Å². The average Bonchev–Trinajstić information content (AvgIpc) is 2.72. The molecule has 7 nitrogen and oxygen atoms in total. The molecule has 100 valence electrons. The summed E-state index contributed by atoms with van der Waals surface area (Å²) in [6, 6.07) is 5.14. The van der Waals surface area contributed by atoms with Crippen LogP contribution in [0.2, 0.25) is 0 Å². The first-order chi connectivity index (χ1) is 9.00. The quantitative estimate of drug-likeness (QED) is 0.911. The highest BCUT2D eigenvalue weighted by atomic mass is 16.4. The second-order valence-corrected chi connectivity index (χ2v) is 4.33. The zero-order valence-corrected chi connectivity index (χ0v) is 11.0. The summed E-state index contributed by atoms with van der Waals surface area (Å²) in [5.74, 6) is 0.874. The fraction of sp³-hybridized carbons (Fsp3) is 0.333. The number of hydrogen-bond acceptors (Lipinski definition) is 4. The molecule has 0 bridgehead atoms. The number of amides is 1. The fourth-order valence-corrected chi connectivity index (χ4v) is 1.72. The van der Waals surface area contributed by atoms with Crippen molar-refractivity contribution in [1.82, 2.24) is 20.0 Å². The van der Waals surface area contributed by atoms with Crippen molar-refractivity contribution in [3.05, 3.63) is 30.1 Å². The smallest absolute Gasteiger partial charge is 0.413 e. The van der Waals surface area contributed by atoms with Gasteiger partial charge in [-0.25, -0.2) is 9.78 Å². The Morgan fingerprint density at radius 3 is 2.63 bits per heavy atom. The Morgan fingerprint density at radius 1 is 1.37 bits per heavy atom. The first kappa shape index (κ1) is 13.0. The maximum atomic E-state index is 11.3. The molecule has 0 saturated carbocycles. The lowest BCUT2D eigenvalue weighted by atomic mass is 10.3. The standard InChI is InChI=1S/C12H15N5O2/c1-8(2)16(12(18)19)11-9(3)14-17(15-11)10-6-4-5-7-13-10/h4-8H,1-3H3,(H,18,19). The molecule has 0 atom stereocenters. The number of aryl methyl sites for hydroxylation is 1. The number of pyridine rings is 1. The van der Waals surface area contributed by atoms with Gasteiger partial charge in [-0.15, -0.1) is 15.0 Å². The van der Waals surface area contributed by atoms with Crippen molar-refractivity contribution < 1.29 is 9.90 Å². The second-order valence-electron chi connectivity index (χ2n) is 4.33. The number of carbonyl (C=O) groups is 1. The molecule has 2 heterocycles. The van der Waals surface area contributed by atoms with Crippen molar-refractivity contribution in [2.45, 2.75) is 26.8 Å². The Kier molecular flexibility index (Phi) is 3.46. The van der Waals surface area contributed by atoms with Gasteiger partial charge in [0.2, 0.25) is 0 Å². The molecule has 2 aromatic heterocycles. The van der Waals surface area contributed by atoms with Crippen LogP contribution in [0.25, 0.3) is 5.82 Å². The van der Waals surface area contributed by atoms with Crippen molar-refractivity contribution in [3.8, 4) is 5.82 Å². The van der Waals surface area contributed by atoms with Gasteiger partial charge in [0, 0.05) is 12.2 Å². The van der Waals surface area contributed by atoms with E-state index in [0.29, 0.717) is 17.3 Å². The van der Waals surface area contributed by atoms with Gasteiger partial charge in [-0.2, -0.15) is 0 Å². The molecule has 1 amide bonds. The van der Waals surface area contributed by atoms with Crippen LogP contribution in [-0.4, -0.2) is 37.2 Å². The summed E-state index contributed by atoms with van der Waals surface area (Å²) < 4.78 is 0. The predicted molar refractivity (Wildman–Crippen MR) is 69.5 cm³/mol.